The van der Waals surface area contributed by atoms with Crippen LogP contribution in [0.1, 0.15) is 38.5 Å². The molecule has 4 nitrogen and oxygen atoms in total. The molecule has 0 radical (unpaired) electrons. The van der Waals surface area contributed by atoms with Gasteiger partial charge in [-0.15, -0.1) is 12.4 Å². The van der Waals surface area contributed by atoms with Crippen molar-refractivity contribution in [2.45, 2.75) is 38.5 Å². The first-order chi connectivity index (χ1) is 10.2. The van der Waals surface area contributed by atoms with Crippen LogP contribution in [0, 0.1) is 11.3 Å². The zero-order valence-electron chi connectivity index (χ0n) is 12.8. The van der Waals surface area contributed by atoms with E-state index < -0.39 is 0 Å². The fourth-order valence-corrected chi connectivity index (χ4v) is 3.57. The Balaban J connectivity index is 0.00000176. The van der Waals surface area contributed by atoms with Crippen molar-refractivity contribution >= 4 is 24.0 Å². The highest BCUT2D eigenvalue weighted by molar-refractivity contribution is 5.95. The molecule has 1 unspecified atom stereocenters. The summed E-state index contributed by atoms with van der Waals surface area (Å²) in [7, 11) is 0. The van der Waals surface area contributed by atoms with E-state index in [1.807, 2.05) is 24.3 Å². The smallest absolute Gasteiger partial charge is 0.228 e. The van der Waals surface area contributed by atoms with Gasteiger partial charge in [-0.2, -0.15) is 0 Å². The molecule has 2 aliphatic carbocycles. The second kappa shape index (κ2) is 7.34. The van der Waals surface area contributed by atoms with E-state index in [1.165, 1.54) is 32.1 Å². The standard InChI is InChI=1S/C17H24N2O2.ClH/c18-10-11-21-14-6-4-13(5-7-14)19-16(20)15-12-17(15)8-2-1-3-9-17;/h4-7,15H,1-3,8-12,18H2,(H,19,20);1H. The van der Waals surface area contributed by atoms with Crippen molar-refractivity contribution in [3.63, 3.8) is 0 Å². The van der Waals surface area contributed by atoms with Gasteiger partial charge in [0.25, 0.3) is 0 Å². The Labute approximate surface area is 138 Å². The summed E-state index contributed by atoms with van der Waals surface area (Å²) in [5.74, 6) is 1.20. The number of carbonyl (C=O) groups is 1. The summed E-state index contributed by atoms with van der Waals surface area (Å²) in [4.78, 5) is 12.3. The third-order valence-corrected chi connectivity index (χ3v) is 4.86. The molecule has 1 spiro atoms. The van der Waals surface area contributed by atoms with Gasteiger partial charge < -0.3 is 15.8 Å². The topological polar surface area (TPSA) is 64.3 Å². The molecule has 122 valence electrons. The van der Waals surface area contributed by atoms with Crippen LogP contribution in [0.2, 0.25) is 0 Å². The second-order valence-corrected chi connectivity index (χ2v) is 6.33. The molecule has 22 heavy (non-hydrogen) atoms. The van der Waals surface area contributed by atoms with E-state index >= 15 is 0 Å². The molecule has 2 fully saturated rings. The number of ether oxygens (including phenoxy) is 1. The van der Waals surface area contributed by atoms with E-state index in [0.717, 1.165) is 17.9 Å². The fraction of sp³-hybridized carbons (Fsp3) is 0.588. The van der Waals surface area contributed by atoms with Crippen molar-refractivity contribution in [1.82, 2.24) is 0 Å². The van der Waals surface area contributed by atoms with Crippen LogP contribution in [-0.2, 0) is 4.79 Å². The maximum absolute atomic E-state index is 12.3. The number of hydrogen-bond donors (Lipinski definition) is 2. The van der Waals surface area contributed by atoms with E-state index in [2.05, 4.69) is 5.32 Å². The molecule has 1 aromatic rings. The zero-order chi connectivity index (χ0) is 14.7. The highest BCUT2D eigenvalue weighted by Gasteiger charge is 2.57. The number of carbonyl (C=O) groups excluding carboxylic acids is 1. The van der Waals surface area contributed by atoms with Gasteiger partial charge in [0.2, 0.25) is 5.91 Å². The highest BCUT2D eigenvalue weighted by atomic mass is 35.5. The minimum Gasteiger partial charge on any atom is -0.492 e. The number of anilines is 1. The second-order valence-electron chi connectivity index (χ2n) is 6.33. The van der Waals surface area contributed by atoms with Crippen LogP contribution in [-0.4, -0.2) is 19.1 Å². The summed E-state index contributed by atoms with van der Waals surface area (Å²) < 4.78 is 5.43. The first-order valence-electron chi connectivity index (χ1n) is 7.97. The number of amides is 1. The van der Waals surface area contributed by atoms with Crippen molar-refractivity contribution in [1.29, 1.82) is 0 Å². The number of hydrogen-bond acceptors (Lipinski definition) is 3. The maximum Gasteiger partial charge on any atom is 0.228 e. The number of halogens is 1. The van der Waals surface area contributed by atoms with Gasteiger partial charge in [-0.3, -0.25) is 4.79 Å². The summed E-state index contributed by atoms with van der Waals surface area (Å²) in [6.07, 6.45) is 7.46. The summed E-state index contributed by atoms with van der Waals surface area (Å²) in [5.41, 5.74) is 6.58. The Bertz CT molecular complexity index is 498. The maximum atomic E-state index is 12.3. The predicted molar refractivity (Wildman–Crippen MR) is 90.5 cm³/mol. The van der Waals surface area contributed by atoms with Crippen LogP contribution < -0.4 is 15.8 Å². The average molecular weight is 325 g/mol. The number of nitrogens with one attached hydrogen (secondary N) is 1. The van der Waals surface area contributed by atoms with Crippen LogP contribution in [0.25, 0.3) is 0 Å². The van der Waals surface area contributed by atoms with E-state index in [-0.39, 0.29) is 24.2 Å². The lowest BCUT2D eigenvalue weighted by Gasteiger charge is -2.22. The Morgan fingerprint density at radius 3 is 2.55 bits per heavy atom. The molecule has 0 aromatic heterocycles. The summed E-state index contributed by atoms with van der Waals surface area (Å²) >= 11 is 0. The first kappa shape index (κ1) is 17.1. The van der Waals surface area contributed by atoms with Gasteiger partial charge in [0.05, 0.1) is 0 Å². The molecule has 1 aromatic carbocycles. The lowest BCUT2D eigenvalue weighted by Crippen LogP contribution is -2.20. The normalized spacial score (nSPS) is 21.8. The molecule has 1 atom stereocenters. The van der Waals surface area contributed by atoms with Crippen molar-refractivity contribution in [3.8, 4) is 5.75 Å². The molecular weight excluding hydrogens is 300 g/mol. The fourth-order valence-electron chi connectivity index (χ4n) is 3.57. The van der Waals surface area contributed by atoms with Gasteiger partial charge in [0.15, 0.2) is 0 Å². The van der Waals surface area contributed by atoms with Crippen LogP contribution in [0.5, 0.6) is 5.75 Å². The van der Waals surface area contributed by atoms with E-state index in [4.69, 9.17) is 10.5 Å². The highest BCUT2D eigenvalue weighted by Crippen LogP contribution is 2.61. The van der Waals surface area contributed by atoms with Gasteiger partial charge in [0.1, 0.15) is 12.4 Å². The van der Waals surface area contributed by atoms with Crippen LogP contribution in [0.15, 0.2) is 24.3 Å². The quantitative estimate of drug-likeness (QED) is 0.873. The molecule has 5 heteroatoms. The largest absolute Gasteiger partial charge is 0.492 e. The molecular formula is C17H25ClN2O2. The van der Waals surface area contributed by atoms with Crippen LogP contribution in [0.4, 0.5) is 5.69 Å². The minimum absolute atomic E-state index is 0. The Hall–Kier alpha value is -1.26. The number of benzene rings is 1. The summed E-state index contributed by atoms with van der Waals surface area (Å²) in [6.45, 7) is 1.01. The molecule has 2 aliphatic rings. The lowest BCUT2D eigenvalue weighted by atomic mass is 9.84. The third-order valence-electron chi connectivity index (χ3n) is 4.86. The Morgan fingerprint density at radius 1 is 1.23 bits per heavy atom. The third kappa shape index (κ3) is 3.73. The number of nitrogens with two attached hydrogens (primary N) is 1. The summed E-state index contributed by atoms with van der Waals surface area (Å²) in [6, 6.07) is 7.52. The van der Waals surface area contributed by atoms with Crippen molar-refractivity contribution in [2.24, 2.45) is 17.1 Å². The Morgan fingerprint density at radius 2 is 1.91 bits per heavy atom. The first-order valence-corrected chi connectivity index (χ1v) is 7.97. The lowest BCUT2D eigenvalue weighted by molar-refractivity contribution is -0.118. The van der Waals surface area contributed by atoms with Crippen molar-refractivity contribution in [3.05, 3.63) is 24.3 Å². The Kier molecular flexibility index (Phi) is 5.70. The van der Waals surface area contributed by atoms with Crippen LogP contribution in [0.3, 0.4) is 0 Å². The molecule has 2 saturated carbocycles. The average Bonchev–Trinajstić information content (AvgIpc) is 3.21. The molecule has 0 bridgehead atoms. The van der Waals surface area contributed by atoms with E-state index in [0.29, 0.717) is 18.6 Å². The van der Waals surface area contributed by atoms with Gasteiger partial charge in [-0.05, 0) is 48.9 Å². The molecule has 0 aliphatic heterocycles. The molecule has 1 amide bonds. The predicted octanol–water partition coefficient (Wildman–Crippen LogP) is 3.35. The van der Waals surface area contributed by atoms with Crippen LogP contribution >= 0.6 is 12.4 Å². The van der Waals surface area contributed by atoms with Gasteiger partial charge in [0, 0.05) is 18.2 Å². The molecule has 3 N–H and O–H groups in total. The van der Waals surface area contributed by atoms with Gasteiger partial charge in [-0.1, -0.05) is 19.3 Å². The summed E-state index contributed by atoms with van der Waals surface area (Å²) in [5, 5.41) is 3.04. The monoisotopic (exact) mass is 324 g/mol. The number of rotatable bonds is 5. The van der Waals surface area contributed by atoms with E-state index in [9.17, 15) is 4.79 Å². The zero-order valence-corrected chi connectivity index (χ0v) is 13.7. The van der Waals surface area contributed by atoms with Gasteiger partial charge in [-0.25, -0.2) is 0 Å². The molecule has 0 heterocycles. The molecule has 3 rings (SSSR count). The van der Waals surface area contributed by atoms with Crippen molar-refractivity contribution < 1.29 is 9.53 Å². The van der Waals surface area contributed by atoms with E-state index in [1.54, 1.807) is 0 Å². The van der Waals surface area contributed by atoms with Gasteiger partial charge >= 0.3 is 0 Å². The SMILES string of the molecule is Cl.NCCOc1ccc(NC(=O)C2CC23CCCCC3)cc1. The van der Waals surface area contributed by atoms with Crippen molar-refractivity contribution in [2.75, 3.05) is 18.5 Å². The minimum atomic E-state index is 0. The molecule has 0 saturated heterocycles.